The molecule has 2 aromatic rings. The average Bonchev–Trinajstić information content (AvgIpc) is 2.59. The first kappa shape index (κ1) is 20.5. The van der Waals surface area contributed by atoms with Crippen LogP contribution in [0.4, 0.5) is 0 Å². The van der Waals surface area contributed by atoms with Gasteiger partial charge in [-0.3, -0.25) is 0 Å². The first-order chi connectivity index (χ1) is 12.3. The van der Waals surface area contributed by atoms with Crippen LogP contribution < -0.4 is 9.47 Å². The van der Waals surface area contributed by atoms with Gasteiger partial charge in [-0.1, -0.05) is 29.8 Å². The van der Waals surface area contributed by atoms with Crippen molar-refractivity contribution in [1.82, 2.24) is 0 Å². The molecule has 0 radical (unpaired) electrons. The fourth-order valence-corrected chi connectivity index (χ4v) is 3.04. The van der Waals surface area contributed by atoms with Crippen LogP contribution in [0.25, 0.3) is 0 Å². The van der Waals surface area contributed by atoms with Crippen LogP contribution in [0.15, 0.2) is 51.4 Å². The third-order valence-electron chi connectivity index (χ3n) is 3.11. The Morgan fingerprint density at radius 1 is 1.04 bits per heavy atom. The normalized spacial score (nSPS) is 10.5. The Morgan fingerprint density at radius 2 is 1.73 bits per heavy atom. The zero-order valence-corrected chi connectivity index (χ0v) is 17.5. The molecule has 138 valence electrons. The van der Waals surface area contributed by atoms with Crippen molar-refractivity contribution in [3.8, 4) is 11.5 Å². The largest absolute Gasteiger partial charge is 0.481 e. The number of rotatable bonds is 7. The highest BCUT2D eigenvalue weighted by Crippen LogP contribution is 2.28. The van der Waals surface area contributed by atoms with Gasteiger partial charge in [0.05, 0.1) is 16.6 Å². The lowest BCUT2D eigenvalue weighted by Gasteiger charge is -2.09. The molecule has 0 aliphatic heterocycles. The van der Waals surface area contributed by atoms with Gasteiger partial charge in [-0.05, 0) is 64.3 Å². The Morgan fingerprint density at radius 3 is 2.35 bits per heavy atom. The van der Waals surface area contributed by atoms with E-state index in [1.54, 1.807) is 30.3 Å². The van der Waals surface area contributed by atoms with Gasteiger partial charge in [0, 0.05) is 4.47 Å². The molecule has 7 heteroatoms. The van der Waals surface area contributed by atoms with Crippen molar-refractivity contribution in [2.75, 3.05) is 13.2 Å². The molecule has 0 unspecified atom stereocenters. The first-order valence-electron chi connectivity index (χ1n) is 7.91. The summed E-state index contributed by atoms with van der Waals surface area (Å²) in [5, 5.41) is 0. The summed E-state index contributed by atoms with van der Waals surface area (Å²) in [5.74, 6) is 0.183. The summed E-state index contributed by atoms with van der Waals surface area (Å²) in [5.41, 5.74) is 0.403. The van der Waals surface area contributed by atoms with E-state index in [1.165, 1.54) is 0 Å². The number of carbonyl (C=O) groups is 2. The van der Waals surface area contributed by atoms with E-state index in [4.69, 9.17) is 14.2 Å². The number of benzene rings is 2. The first-order valence-corrected chi connectivity index (χ1v) is 9.49. The van der Waals surface area contributed by atoms with Crippen LogP contribution in [-0.4, -0.2) is 25.2 Å². The predicted molar refractivity (Wildman–Crippen MR) is 105 cm³/mol. The second-order valence-corrected chi connectivity index (χ2v) is 7.62. The molecule has 5 nitrogen and oxygen atoms in total. The van der Waals surface area contributed by atoms with E-state index in [0.717, 1.165) is 8.95 Å². The van der Waals surface area contributed by atoms with Crippen LogP contribution >= 0.6 is 31.9 Å². The molecule has 0 fully saturated rings. The van der Waals surface area contributed by atoms with E-state index in [1.807, 2.05) is 26.0 Å². The van der Waals surface area contributed by atoms with Crippen molar-refractivity contribution in [2.45, 2.75) is 13.8 Å². The highest BCUT2D eigenvalue weighted by molar-refractivity contribution is 9.11. The maximum atomic E-state index is 11.9. The van der Waals surface area contributed by atoms with Gasteiger partial charge in [-0.2, -0.15) is 0 Å². The third kappa shape index (κ3) is 6.46. The molecule has 0 spiro atoms. The summed E-state index contributed by atoms with van der Waals surface area (Å²) in [6, 6.07) is 11.5. The SMILES string of the molecule is CC(C)COC(=O)c1ccc(OC(=O)COc2ccc(Br)cc2Br)cc1. The quantitative estimate of drug-likeness (QED) is 0.407. The molecular weight excluding hydrogens is 468 g/mol. The van der Waals surface area contributed by atoms with Crippen LogP contribution in [-0.2, 0) is 9.53 Å². The average molecular weight is 486 g/mol. The highest BCUT2D eigenvalue weighted by atomic mass is 79.9. The molecule has 0 N–H and O–H groups in total. The van der Waals surface area contributed by atoms with Crippen LogP contribution in [0.5, 0.6) is 11.5 Å². The van der Waals surface area contributed by atoms with Crippen molar-refractivity contribution in [2.24, 2.45) is 5.92 Å². The zero-order valence-electron chi connectivity index (χ0n) is 14.3. The predicted octanol–water partition coefficient (Wildman–Crippen LogP) is 5.01. The fourth-order valence-electron chi connectivity index (χ4n) is 1.87. The fraction of sp³-hybridized carbons (Fsp3) is 0.263. The van der Waals surface area contributed by atoms with E-state index in [0.29, 0.717) is 23.7 Å². The van der Waals surface area contributed by atoms with Crippen molar-refractivity contribution < 1.29 is 23.8 Å². The maximum absolute atomic E-state index is 11.9. The third-order valence-corrected chi connectivity index (χ3v) is 4.22. The van der Waals surface area contributed by atoms with Crippen molar-refractivity contribution in [3.05, 3.63) is 57.0 Å². The summed E-state index contributed by atoms with van der Waals surface area (Å²) in [7, 11) is 0. The highest BCUT2D eigenvalue weighted by Gasteiger charge is 2.11. The summed E-state index contributed by atoms with van der Waals surface area (Å²) in [4.78, 5) is 23.7. The molecule has 26 heavy (non-hydrogen) atoms. The second-order valence-electron chi connectivity index (χ2n) is 5.85. The molecule has 0 atom stereocenters. The van der Waals surface area contributed by atoms with Crippen LogP contribution in [0.2, 0.25) is 0 Å². The Bertz CT molecular complexity index is 772. The van der Waals surface area contributed by atoms with Gasteiger partial charge in [0.15, 0.2) is 6.61 Å². The Hall–Kier alpha value is -1.86. The summed E-state index contributed by atoms with van der Waals surface area (Å²) in [6.07, 6.45) is 0. The molecular formula is C19H18Br2O5. The van der Waals surface area contributed by atoms with Gasteiger partial charge in [0.25, 0.3) is 0 Å². The van der Waals surface area contributed by atoms with E-state index in [2.05, 4.69) is 31.9 Å². The van der Waals surface area contributed by atoms with E-state index in [-0.39, 0.29) is 12.5 Å². The zero-order chi connectivity index (χ0) is 19.1. The lowest BCUT2D eigenvalue weighted by molar-refractivity contribution is -0.136. The van der Waals surface area contributed by atoms with Gasteiger partial charge in [0.2, 0.25) is 0 Å². The van der Waals surface area contributed by atoms with Crippen LogP contribution in [0.3, 0.4) is 0 Å². The number of hydrogen-bond donors (Lipinski definition) is 0. The molecule has 0 bridgehead atoms. The minimum Gasteiger partial charge on any atom is -0.481 e. The van der Waals surface area contributed by atoms with E-state index >= 15 is 0 Å². The molecule has 0 heterocycles. The van der Waals surface area contributed by atoms with Gasteiger partial charge >= 0.3 is 11.9 Å². The van der Waals surface area contributed by atoms with E-state index < -0.39 is 11.9 Å². The number of hydrogen-bond acceptors (Lipinski definition) is 5. The molecule has 0 aliphatic carbocycles. The molecule has 0 saturated heterocycles. The van der Waals surface area contributed by atoms with Crippen LogP contribution in [0.1, 0.15) is 24.2 Å². The van der Waals surface area contributed by atoms with Crippen LogP contribution in [0, 0.1) is 5.92 Å². The molecule has 0 aromatic heterocycles. The van der Waals surface area contributed by atoms with Crippen molar-refractivity contribution in [1.29, 1.82) is 0 Å². The molecule has 0 amide bonds. The molecule has 0 saturated carbocycles. The summed E-state index contributed by atoms with van der Waals surface area (Å²) in [6.45, 7) is 4.05. The summed E-state index contributed by atoms with van der Waals surface area (Å²) >= 11 is 6.70. The number of ether oxygens (including phenoxy) is 3. The minimum atomic E-state index is -0.546. The number of esters is 2. The topological polar surface area (TPSA) is 61.8 Å². The van der Waals surface area contributed by atoms with Crippen molar-refractivity contribution in [3.63, 3.8) is 0 Å². The summed E-state index contributed by atoms with van der Waals surface area (Å²) < 4.78 is 17.4. The Balaban J connectivity index is 1.86. The van der Waals surface area contributed by atoms with Gasteiger partial charge in [-0.15, -0.1) is 0 Å². The standard InChI is InChI=1S/C19H18Br2O5/c1-12(2)10-25-19(23)13-3-6-15(7-4-13)26-18(22)11-24-17-8-5-14(20)9-16(17)21/h3-9,12H,10-11H2,1-2H3. The van der Waals surface area contributed by atoms with Crippen molar-refractivity contribution >= 4 is 43.8 Å². The number of halogens is 2. The minimum absolute atomic E-state index is 0.238. The van der Waals surface area contributed by atoms with E-state index in [9.17, 15) is 9.59 Å². The monoisotopic (exact) mass is 484 g/mol. The smallest absolute Gasteiger partial charge is 0.349 e. The Labute approximate surface area is 168 Å². The lowest BCUT2D eigenvalue weighted by atomic mass is 10.2. The van der Waals surface area contributed by atoms with Gasteiger partial charge < -0.3 is 14.2 Å². The second kappa shape index (κ2) is 9.73. The van der Waals surface area contributed by atoms with Gasteiger partial charge in [-0.25, -0.2) is 9.59 Å². The molecule has 2 rings (SSSR count). The molecule has 2 aromatic carbocycles. The lowest BCUT2D eigenvalue weighted by Crippen LogP contribution is -2.18. The Kier molecular flexibility index (Phi) is 7.66. The van der Waals surface area contributed by atoms with Gasteiger partial charge in [0.1, 0.15) is 11.5 Å². The molecule has 0 aliphatic rings. The number of carbonyl (C=O) groups excluding carboxylic acids is 2. The maximum Gasteiger partial charge on any atom is 0.349 e.